The number of halogens is 1. The van der Waals surface area contributed by atoms with E-state index in [1.54, 1.807) is 18.3 Å². The molecule has 78 valence electrons. The van der Waals surface area contributed by atoms with E-state index in [4.69, 9.17) is 5.11 Å². The summed E-state index contributed by atoms with van der Waals surface area (Å²) in [5.41, 5.74) is 1.55. The van der Waals surface area contributed by atoms with Gasteiger partial charge in [0.2, 0.25) is 0 Å². The number of rotatable bonds is 3. The number of H-pyrrole nitrogens is 1. The minimum atomic E-state index is -0.285. The molecule has 0 fully saturated rings. The third kappa shape index (κ3) is 2.22. The van der Waals surface area contributed by atoms with Crippen molar-refractivity contribution < 1.29 is 9.50 Å². The fraction of sp³-hybridized carbons (Fsp3) is 0.182. The van der Waals surface area contributed by atoms with Gasteiger partial charge in [0.25, 0.3) is 0 Å². The second-order valence-electron chi connectivity index (χ2n) is 3.24. The first-order valence-corrected chi connectivity index (χ1v) is 4.70. The van der Waals surface area contributed by atoms with E-state index >= 15 is 0 Å². The Hall–Kier alpha value is -1.68. The van der Waals surface area contributed by atoms with Gasteiger partial charge in [-0.2, -0.15) is 0 Å². The normalized spacial score (nSPS) is 10.5. The first-order valence-electron chi connectivity index (χ1n) is 4.70. The highest BCUT2D eigenvalue weighted by molar-refractivity contribution is 5.54. The van der Waals surface area contributed by atoms with Crippen molar-refractivity contribution in [3.05, 3.63) is 42.0 Å². The Morgan fingerprint density at radius 3 is 3.00 bits per heavy atom. The van der Waals surface area contributed by atoms with Crippen molar-refractivity contribution in [1.29, 1.82) is 0 Å². The fourth-order valence-electron chi connectivity index (χ4n) is 1.39. The van der Waals surface area contributed by atoms with Crippen molar-refractivity contribution >= 4 is 0 Å². The van der Waals surface area contributed by atoms with Gasteiger partial charge in [-0.1, -0.05) is 12.1 Å². The quantitative estimate of drug-likeness (QED) is 0.803. The standard InChI is InChI=1S/C11H11FN2O/c12-9-3-1-2-8(6-9)11-13-7-10(14-11)4-5-15/h1-3,6-7,15H,4-5H2,(H,13,14). The number of aliphatic hydroxyl groups excluding tert-OH is 1. The summed E-state index contributed by atoms with van der Waals surface area (Å²) in [4.78, 5) is 7.13. The molecule has 0 aliphatic heterocycles. The highest BCUT2D eigenvalue weighted by atomic mass is 19.1. The SMILES string of the molecule is OCCc1cnc(-c2cccc(F)c2)[nH]1. The van der Waals surface area contributed by atoms with E-state index in [1.165, 1.54) is 12.1 Å². The largest absolute Gasteiger partial charge is 0.396 e. The summed E-state index contributed by atoms with van der Waals surface area (Å²) >= 11 is 0. The van der Waals surface area contributed by atoms with E-state index < -0.39 is 0 Å². The number of aliphatic hydroxyl groups is 1. The molecular formula is C11H11FN2O. The van der Waals surface area contributed by atoms with E-state index in [1.807, 2.05) is 0 Å². The molecule has 0 atom stereocenters. The number of aromatic nitrogens is 2. The van der Waals surface area contributed by atoms with Crippen LogP contribution in [0.15, 0.2) is 30.5 Å². The topological polar surface area (TPSA) is 48.9 Å². The summed E-state index contributed by atoms with van der Waals surface area (Å²) in [6, 6.07) is 6.23. The van der Waals surface area contributed by atoms with Crippen LogP contribution in [-0.4, -0.2) is 21.7 Å². The number of nitrogens with zero attached hydrogens (tertiary/aromatic N) is 1. The summed E-state index contributed by atoms with van der Waals surface area (Å²) in [7, 11) is 0. The van der Waals surface area contributed by atoms with Gasteiger partial charge < -0.3 is 10.1 Å². The van der Waals surface area contributed by atoms with Gasteiger partial charge >= 0.3 is 0 Å². The van der Waals surface area contributed by atoms with Crippen LogP contribution in [0.3, 0.4) is 0 Å². The van der Waals surface area contributed by atoms with Gasteiger partial charge in [-0.25, -0.2) is 9.37 Å². The van der Waals surface area contributed by atoms with Gasteiger partial charge in [0.1, 0.15) is 11.6 Å². The maximum absolute atomic E-state index is 12.9. The minimum Gasteiger partial charge on any atom is -0.396 e. The Bertz CT molecular complexity index is 453. The van der Waals surface area contributed by atoms with Crippen LogP contribution in [-0.2, 0) is 6.42 Å². The molecule has 2 N–H and O–H groups in total. The lowest BCUT2D eigenvalue weighted by Crippen LogP contribution is -1.90. The van der Waals surface area contributed by atoms with Gasteiger partial charge in [0, 0.05) is 30.5 Å². The molecule has 2 aromatic rings. The Morgan fingerprint density at radius 1 is 1.40 bits per heavy atom. The average molecular weight is 206 g/mol. The number of nitrogens with one attached hydrogen (secondary N) is 1. The number of imidazole rings is 1. The molecule has 0 spiro atoms. The number of hydrogen-bond acceptors (Lipinski definition) is 2. The molecule has 0 saturated heterocycles. The molecule has 3 nitrogen and oxygen atoms in total. The maximum atomic E-state index is 12.9. The third-order valence-corrected chi connectivity index (χ3v) is 2.11. The third-order valence-electron chi connectivity index (χ3n) is 2.11. The van der Waals surface area contributed by atoms with Crippen molar-refractivity contribution in [1.82, 2.24) is 9.97 Å². The second-order valence-corrected chi connectivity index (χ2v) is 3.24. The molecule has 0 bridgehead atoms. The maximum Gasteiger partial charge on any atom is 0.137 e. The second kappa shape index (κ2) is 4.23. The lowest BCUT2D eigenvalue weighted by atomic mass is 10.2. The zero-order valence-corrected chi connectivity index (χ0v) is 8.07. The van der Waals surface area contributed by atoms with Crippen LogP contribution >= 0.6 is 0 Å². The number of hydrogen-bond donors (Lipinski definition) is 2. The predicted octanol–water partition coefficient (Wildman–Crippen LogP) is 1.75. The van der Waals surface area contributed by atoms with Crippen LogP contribution < -0.4 is 0 Å². The van der Waals surface area contributed by atoms with Gasteiger partial charge in [-0.15, -0.1) is 0 Å². The summed E-state index contributed by atoms with van der Waals surface area (Å²) in [5.74, 6) is 0.338. The molecule has 2 rings (SSSR count). The zero-order valence-electron chi connectivity index (χ0n) is 8.07. The van der Waals surface area contributed by atoms with Gasteiger partial charge in [0.15, 0.2) is 0 Å². The first-order chi connectivity index (χ1) is 7.29. The molecule has 0 radical (unpaired) electrons. The molecule has 0 aliphatic rings. The molecule has 1 aromatic carbocycles. The Labute approximate surface area is 86.6 Å². The lowest BCUT2D eigenvalue weighted by molar-refractivity contribution is 0.298. The van der Waals surface area contributed by atoms with Crippen molar-refractivity contribution in [2.24, 2.45) is 0 Å². The monoisotopic (exact) mass is 206 g/mol. The van der Waals surface area contributed by atoms with Gasteiger partial charge in [0.05, 0.1) is 0 Å². The van der Waals surface area contributed by atoms with E-state index in [0.29, 0.717) is 17.8 Å². The first kappa shape index (κ1) is 9.86. The van der Waals surface area contributed by atoms with Crippen LogP contribution in [0.1, 0.15) is 5.69 Å². The van der Waals surface area contributed by atoms with Gasteiger partial charge in [-0.3, -0.25) is 0 Å². The fourth-order valence-corrected chi connectivity index (χ4v) is 1.39. The highest BCUT2D eigenvalue weighted by Gasteiger charge is 2.03. The summed E-state index contributed by atoms with van der Waals surface area (Å²) in [6.07, 6.45) is 2.18. The molecule has 0 aliphatic carbocycles. The molecule has 0 saturated carbocycles. The summed E-state index contributed by atoms with van der Waals surface area (Å²) in [6.45, 7) is 0.0742. The number of benzene rings is 1. The molecule has 4 heteroatoms. The Morgan fingerprint density at radius 2 is 2.27 bits per heavy atom. The summed E-state index contributed by atoms with van der Waals surface area (Å²) < 4.78 is 12.9. The van der Waals surface area contributed by atoms with Crippen LogP contribution in [0, 0.1) is 5.82 Å². The number of aromatic amines is 1. The molecule has 0 amide bonds. The van der Waals surface area contributed by atoms with Crippen LogP contribution in [0.5, 0.6) is 0 Å². The van der Waals surface area contributed by atoms with Crippen molar-refractivity contribution in [3.8, 4) is 11.4 Å². The Kier molecular flexibility index (Phi) is 2.78. The van der Waals surface area contributed by atoms with Crippen LogP contribution in [0.2, 0.25) is 0 Å². The van der Waals surface area contributed by atoms with E-state index in [9.17, 15) is 4.39 Å². The molecule has 1 aromatic heterocycles. The van der Waals surface area contributed by atoms with E-state index in [0.717, 1.165) is 5.69 Å². The Balaban J connectivity index is 2.29. The van der Waals surface area contributed by atoms with E-state index in [2.05, 4.69) is 9.97 Å². The average Bonchev–Trinajstić information content (AvgIpc) is 2.67. The lowest BCUT2D eigenvalue weighted by Gasteiger charge is -1.96. The molecule has 0 unspecified atom stereocenters. The zero-order chi connectivity index (χ0) is 10.7. The predicted molar refractivity (Wildman–Crippen MR) is 54.8 cm³/mol. The smallest absolute Gasteiger partial charge is 0.137 e. The molecule has 15 heavy (non-hydrogen) atoms. The van der Waals surface area contributed by atoms with Crippen LogP contribution in [0.4, 0.5) is 4.39 Å². The summed E-state index contributed by atoms with van der Waals surface area (Å²) in [5, 5.41) is 8.74. The van der Waals surface area contributed by atoms with Crippen molar-refractivity contribution in [2.45, 2.75) is 6.42 Å². The highest BCUT2D eigenvalue weighted by Crippen LogP contribution is 2.16. The van der Waals surface area contributed by atoms with E-state index in [-0.39, 0.29) is 12.4 Å². The molecule has 1 heterocycles. The van der Waals surface area contributed by atoms with Crippen molar-refractivity contribution in [2.75, 3.05) is 6.61 Å². The van der Waals surface area contributed by atoms with Gasteiger partial charge in [-0.05, 0) is 12.1 Å². The van der Waals surface area contributed by atoms with Crippen LogP contribution in [0.25, 0.3) is 11.4 Å². The minimum absolute atomic E-state index is 0.0742. The molecular weight excluding hydrogens is 195 g/mol. The van der Waals surface area contributed by atoms with Crippen molar-refractivity contribution in [3.63, 3.8) is 0 Å².